The molecule has 1 amide bonds. The highest BCUT2D eigenvalue weighted by atomic mass is 35.5. The highest BCUT2D eigenvalue weighted by Gasteiger charge is 2.32. The molecule has 1 heterocycles. The topological polar surface area (TPSA) is 69.7 Å². The molecule has 2 aromatic carbocycles. The quantitative estimate of drug-likeness (QED) is 0.522. The monoisotopic (exact) mass is 511 g/mol. The van der Waals surface area contributed by atoms with Crippen LogP contribution in [-0.4, -0.2) is 44.6 Å². The Morgan fingerprint density at radius 1 is 1.06 bits per heavy atom. The molecule has 0 radical (unpaired) electrons. The molecule has 0 saturated carbocycles. The Morgan fingerprint density at radius 2 is 1.70 bits per heavy atom. The van der Waals surface area contributed by atoms with Gasteiger partial charge in [-0.1, -0.05) is 60.8 Å². The van der Waals surface area contributed by atoms with Crippen LogP contribution in [0.4, 0.5) is 5.69 Å². The van der Waals surface area contributed by atoms with E-state index in [2.05, 4.69) is 22.3 Å². The number of carbonyl (C=O) groups is 1. The molecule has 9 heteroatoms. The molecule has 0 spiro atoms. The van der Waals surface area contributed by atoms with Gasteiger partial charge in [0.1, 0.15) is 6.04 Å². The van der Waals surface area contributed by atoms with Crippen LogP contribution < -0.4 is 9.62 Å². The fourth-order valence-electron chi connectivity index (χ4n) is 4.14. The van der Waals surface area contributed by atoms with Gasteiger partial charge in [-0.2, -0.15) is 0 Å². The van der Waals surface area contributed by atoms with Gasteiger partial charge in [-0.25, -0.2) is 8.42 Å². The summed E-state index contributed by atoms with van der Waals surface area (Å²) in [5.41, 5.74) is 2.39. The Morgan fingerprint density at radius 3 is 2.30 bits per heavy atom. The fourth-order valence-corrected chi connectivity index (χ4v) is 5.78. The third-order valence-corrected chi connectivity index (χ3v) is 7.54. The van der Waals surface area contributed by atoms with Crippen molar-refractivity contribution in [1.82, 2.24) is 10.2 Å². The highest BCUT2D eigenvalue weighted by molar-refractivity contribution is 7.92. The Labute approximate surface area is 206 Å². The molecular weight excluding hydrogens is 481 g/mol. The van der Waals surface area contributed by atoms with E-state index < -0.39 is 22.0 Å². The van der Waals surface area contributed by atoms with Crippen LogP contribution in [0.2, 0.25) is 10.0 Å². The third-order valence-electron chi connectivity index (χ3n) is 5.82. The second-order valence-corrected chi connectivity index (χ2v) is 11.2. The molecular formula is C24H31Cl2N3O3S. The number of likely N-dealkylation sites (tertiary alicyclic amines) is 1. The van der Waals surface area contributed by atoms with Gasteiger partial charge >= 0.3 is 0 Å². The zero-order valence-corrected chi connectivity index (χ0v) is 21.4. The average Bonchev–Trinajstić information content (AvgIpc) is 2.78. The second kappa shape index (κ2) is 11.6. The first-order valence-corrected chi connectivity index (χ1v) is 13.8. The molecule has 0 bridgehead atoms. The summed E-state index contributed by atoms with van der Waals surface area (Å²) in [6.45, 7) is 5.29. The minimum atomic E-state index is -3.79. The molecule has 33 heavy (non-hydrogen) atoms. The van der Waals surface area contributed by atoms with E-state index in [0.717, 1.165) is 35.8 Å². The number of nitrogens with zero attached hydrogens (tertiary/aromatic N) is 2. The van der Waals surface area contributed by atoms with Crippen LogP contribution >= 0.6 is 23.2 Å². The van der Waals surface area contributed by atoms with Gasteiger partial charge in [0, 0.05) is 18.1 Å². The van der Waals surface area contributed by atoms with E-state index in [1.807, 2.05) is 12.1 Å². The molecule has 1 aliphatic heterocycles. The number of carbonyl (C=O) groups excluding carboxylic acids is 1. The lowest BCUT2D eigenvalue weighted by atomic mass is 10.1. The molecule has 1 atom stereocenters. The molecule has 1 aliphatic rings. The Bertz CT molecular complexity index is 1060. The number of amides is 1. The van der Waals surface area contributed by atoms with Gasteiger partial charge in [0.25, 0.3) is 0 Å². The van der Waals surface area contributed by atoms with E-state index in [1.54, 1.807) is 13.0 Å². The van der Waals surface area contributed by atoms with Gasteiger partial charge in [0.15, 0.2) is 0 Å². The summed E-state index contributed by atoms with van der Waals surface area (Å²) < 4.78 is 26.3. The van der Waals surface area contributed by atoms with Gasteiger partial charge in [0.2, 0.25) is 15.9 Å². The fraction of sp³-hybridized carbons (Fsp3) is 0.458. The predicted molar refractivity (Wildman–Crippen MR) is 135 cm³/mol. The van der Waals surface area contributed by atoms with Crippen LogP contribution in [0.5, 0.6) is 0 Å². The first kappa shape index (κ1) is 25.8. The lowest BCUT2D eigenvalue weighted by Crippen LogP contribution is -2.49. The predicted octanol–water partition coefficient (Wildman–Crippen LogP) is 4.84. The van der Waals surface area contributed by atoms with Gasteiger partial charge in [0.05, 0.1) is 17.0 Å². The normalized spacial score (nSPS) is 15.8. The number of anilines is 1. The lowest BCUT2D eigenvalue weighted by molar-refractivity contribution is -0.122. The van der Waals surface area contributed by atoms with Gasteiger partial charge in [-0.3, -0.25) is 14.0 Å². The summed E-state index contributed by atoms with van der Waals surface area (Å²) in [5.74, 6) is -0.392. The minimum Gasteiger partial charge on any atom is -0.350 e. The summed E-state index contributed by atoms with van der Waals surface area (Å²) in [6, 6.07) is 11.8. The second-order valence-electron chi connectivity index (χ2n) is 8.45. The number of sulfonamides is 1. The van der Waals surface area contributed by atoms with Crippen molar-refractivity contribution >= 4 is 44.8 Å². The molecule has 0 aromatic heterocycles. The Balaban J connectivity index is 1.68. The minimum absolute atomic E-state index is 0.190. The SMILES string of the molecule is CC[C@@H](C(=O)NCc1ccc(CN2CCCCC2)cc1)N(c1cc(Cl)ccc1Cl)S(C)(=O)=O. The molecule has 1 fully saturated rings. The van der Waals surface area contributed by atoms with E-state index in [4.69, 9.17) is 23.2 Å². The molecule has 3 rings (SSSR count). The van der Waals surface area contributed by atoms with Gasteiger partial charge < -0.3 is 5.32 Å². The number of rotatable bonds is 9. The zero-order chi connectivity index (χ0) is 24.0. The largest absolute Gasteiger partial charge is 0.350 e. The first-order chi connectivity index (χ1) is 15.7. The van der Waals surface area contributed by atoms with Crippen molar-refractivity contribution in [2.75, 3.05) is 23.7 Å². The van der Waals surface area contributed by atoms with E-state index in [0.29, 0.717) is 11.6 Å². The summed E-state index contributed by atoms with van der Waals surface area (Å²) in [7, 11) is -3.79. The number of benzene rings is 2. The van der Waals surface area contributed by atoms with Crippen molar-refractivity contribution in [3.63, 3.8) is 0 Å². The van der Waals surface area contributed by atoms with Crippen LogP contribution in [-0.2, 0) is 27.9 Å². The number of piperidine rings is 1. The van der Waals surface area contributed by atoms with Gasteiger partial charge in [-0.15, -0.1) is 0 Å². The smallest absolute Gasteiger partial charge is 0.244 e. The van der Waals surface area contributed by atoms with Crippen LogP contribution in [0, 0.1) is 0 Å². The molecule has 180 valence electrons. The highest BCUT2D eigenvalue weighted by Crippen LogP contribution is 2.33. The molecule has 1 N–H and O–H groups in total. The molecule has 2 aromatic rings. The summed E-state index contributed by atoms with van der Waals surface area (Å²) in [6.07, 6.45) is 5.16. The van der Waals surface area contributed by atoms with E-state index in [9.17, 15) is 13.2 Å². The van der Waals surface area contributed by atoms with Crippen LogP contribution in [0.25, 0.3) is 0 Å². The molecule has 0 aliphatic carbocycles. The van der Waals surface area contributed by atoms with Crippen molar-refractivity contribution in [3.8, 4) is 0 Å². The molecule has 0 unspecified atom stereocenters. The zero-order valence-electron chi connectivity index (χ0n) is 19.1. The van der Waals surface area contributed by atoms with E-state index in [-0.39, 0.29) is 17.1 Å². The van der Waals surface area contributed by atoms with E-state index in [1.165, 1.54) is 37.0 Å². The van der Waals surface area contributed by atoms with Crippen molar-refractivity contribution < 1.29 is 13.2 Å². The first-order valence-electron chi connectivity index (χ1n) is 11.2. The number of nitrogens with one attached hydrogen (secondary N) is 1. The summed E-state index contributed by atoms with van der Waals surface area (Å²) >= 11 is 12.3. The van der Waals surface area contributed by atoms with Gasteiger partial charge in [-0.05, 0) is 61.7 Å². The van der Waals surface area contributed by atoms with Crippen LogP contribution in [0.1, 0.15) is 43.7 Å². The van der Waals surface area contributed by atoms with E-state index >= 15 is 0 Å². The summed E-state index contributed by atoms with van der Waals surface area (Å²) in [5, 5.41) is 3.42. The maximum Gasteiger partial charge on any atom is 0.244 e. The van der Waals surface area contributed by atoms with Crippen molar-refractivity contribution in [1.29, 1.82) is 0 Å². The maximum absolute atomic E-state index is 13.0. The maximum atomic E-state index is 13.0. The van der Waals surface area contributed by atoms with Crippen LogP contribution in [0.3, 0.4) is 0 Å². The van der Waals surface area contributed by atoms with Crippen molar-refractivity contribution in [2.45, 2.75) is 51.7 Å². The Hall–Kier alpha value is -1.80. The Kier molecular flexibility index (Phi) is 9.04. The number of hydrogen-bond acceptors (Lipinski definition) is 4. The summed E-state index contributed by atoms with van der Waals surface area (Å²) in [4.78, 5) is 15.5. The number of halogens is 2. The average molecular weight is 513 g/mol. The molecule has 1 saturated heterocycles. The van der Waals surface area contributed by atoms with Crippen molar-refractivity contribution in [2.24, 2.45) is 0 Å². The lowest BCUT2D eigenvalue weighted by Gasteiger charge is -2.30. The van der Waals surface area contributed by atoms with Crippen LogP contribution in [0.15, 0.2) is 42.5 Å². The third kappa shape index (κ3) is 7.09. The standard InChI is InChI=1S/C24H31Cl2N3O3S/c1-3-22(29(33(2,31)32)23-15-20(25)11-12-21(23)26)24(30)27-16-18-7-9-19(10-8-18)17-28-13-5-4-6-14-28/h7-12,15,22H,3-6,13-14,16-17H2,1-2H3,(H,27,30)/t22-/m0/s1. The molecule has 6 nitrogen and oxygen atoms in total. The number of hydrogen-bond donors (Lipinski definition) is 1. The van der Waals surface area contributed by atoms with Crippen molar-refractivity contribution in [3.05, 3.63) is 63.6 Å².